The predicted molar refractivity (Wildman–Crippen MR) is 94.2 cm³/mol. The van der Waals surface area contributed by atoms with Crippen LogP contribution in [-0.2, 0) is 6.61 Å². The van der Waals surface area contributed by atoms with Crippen LogP contribution < -0.4 is 10.1 Å². The number of fused-ring (bicyclic) bond motifs is 3. The summed E-state index contributed by atoms with van der Waals surface area (Å²) in [7, 11) is 0. The standard InChI is InChI=1S/C19H16N2O2S/c1-12(13-5-4-8-20-10-13)21-19(22)17-9-14-11-23-16-7-3-2-6-15(16)18(14)24-17/h2-10,12H,11H2,1H3,(H,21,22)/t12-/m0/s1. The second-order valence-corrected chi connectivity index (χ2v) is 6.78. The number of hydrogen-bond acceptors (Lipinski definition) is 4. The van der Waals surface area contributed by atoms with Gasteiger partial charge in [-0.1, -0.05) is 18.2 Å². The van der Waals surface area contributed by atoms with Crippen molar-refractivity contribution in [2.75, 3.05) is 0 Å². The molecular weight excluding hydrogens is 320 g/mol. The molecule has 1 atom stereocenters. The van der Waals surface area contributed by atoms with Crippen molar-refractivity contribution in [3.05, 3.63) is 70.9 Å². The second kappa shape index (κ2) is 6.09. The minimum atomic E-state index is -0.0890. The summed E-state index contributed by atoms with van der Waals surface area (Å²) in [5, 5.41) is 3.04. The molecule has 0 saturated heterocycles. The Labute approximate surface area is 144 Å². The molecule has 1 amide bonds. The van der Waals surface area contributed by atoms with Crippen LogP contribution in [0.25, 0.3) is 10.4 Å². The molecule has 3 aromatic rings. The Balaban J connectivity index is 1.58. The molecule has 0 radical (unpaired) electrons. The van der Waals surface area contributed by atoms with Gasteiger partial charge >= 0.3 is 0 Å². The summed E-state index contributed by atoms with van der Waals surface area (Å²) in [6, 6.07) is 13.6. The number of nitrogens with zero attached hydrogens (tertiary/aromatic N) is 1. The van der Waals surface area contributed by atoms with Crippen LogP contribution in [0, 0.1) is 0 Å². The maximum absolute atomic E-state index is 12.6. The lowest BCUT2D eigenvalue weighted by atomic mass is 10.1. The summed E-state index contributed by atoms with van der Waals surface area (Å²) in [6.45, 7) is 2.47. The highest BCUT2D eigenvalue weighted by Gasteiger charge is 2.23. The number of rotatable bonds is 3. The fourth-order valence-corrected chi connectivity index (χ4v) is 3.89. The topological polar surface area (TPSA) is 51.2 Å². The van der Waals surface area contributed by atoms with E-state index in [-0.39, 0.29) is 11.9 Å². The number of aromatic nitrogens is 1. The van der Waals surface area contributed by atoms with Crippen LogP contribution in [0.1, 0.15) is 33.8 Å². The molecule has 5 heteroatoms. The normalized spacial score (nSPS) is 13.4. The Hall–Kier alpha value is -2.66. The molecule has 4 rings (SSSR count). The van der Waals surface area contributed by atoms with Crippen molar-refractivity contribution < 1.29 is 9.53 Å². The fraction of sp³-hybridized carbons (Fsp3) is 0.158. The molecule has 3 heterocycles. The molecule has 0 saturated carbocycles. The number of nitrogens with one attached hydrogen (secondary N) is 1. The SMILES string of the molecule is C[C@H](NC(=O)c1cc2c(s1)-c1ccccc1OC2)c1cccnc1. The van der Waals surface area contributed by atoms with Gasteiger partial charge in [0.25, 0.3) is 5.91 Å². The summed E-state index contributed by atoms with van der Waals surface area (Å²) in [4.78, 5) is 18.5. The first-order valence-corrected chi connectivity index (χ1v) is 8.60. The zero-order valence-electron chi connectivity index (χ0n) is 13.2. The molecule has 0 unspecified atom stereocenters. The summed E-state index contributed by atoms with van der Waals surface area (Å²) < 4.78 is 5.76. The van der Waals surface area contributed by atoms with Crippen molar-refractivity contribution >= 4 is 17.2 Å². The molecule has 0 bridgehead atoms. The molecule has 4 nitrogen and oxygen atoms in total. The number of thiophene rings is 1. The van der Waals surface area contributed by atoms with Crippen molar-refractivity contribution in [2.45, 2.75) is 19.6 Å². The van der Waals surface area contributed by atoms with E-state index in [1.54, 1.807) is 12.4 Å². The molecule has 120 valence electrons. The van der Waals surface area contributed by atoms with Crippen LogP contribution in [-0.4, -0.2) is 10.9 Å². The quantitative estimate of drug-likeness (QED) is 0.780. The molecule has 1 aliphatic heterocycles. The van der Waals surface area contributed by atoms with Gasteiger partial charge in [-0.15, -0.1) is 11.3 Å². The second-order valence-electron chi connectivity index (χ2n) is 5.73. The van der Waals surface area contributed by atoms with Crippen LogP contribution in [0.3, 0.4) is 0 Å². The average Bonchev–Trinajstić information content (AvgIpc) is 3.07. The monoisotopic (exact) mass is 336 g/mol. The number of amides is 1. The van der Waals surface area contributed by atoms with E-state index in [1.807, 2.05) is 49.4 Å². The van der Waals surface area contributed by atoms with E-state index < -0.39 is 0 Å². The summed E-state index contributed by atoms with van der Waals surface area (Å²) in [5.74, 6) is 0.811. The van der Waals surface area contributed by atoms with Gasteiger partial charge in [-0.05, 0) is 36.8 Å². The number of carbonyl (C=O) groups excluding carboxylic acids is 1. The van der Waals surface area contributed by atoms with Crippen molar-refractivity contribution in [1.29, 1.82) is 0 Å². The molecule has 0 spiro atoms. The fourth-order valence-electron chi connectivity index (χ4n) is 2.79. The van der Waals surface area contributed by atoms with Crippen LogP contribution in [0.5, 0.6) is 5.75 Å². The summed E-state index contributed by atoms with van der Waals surface area (Å²) >= 11 is 1.52. The highest BCUT2D eigenvalue weighted by Crippen LogP contribution is 2.42. The van der Waals surface area contributed by atoms with Crippen LogP contribution in [0.15, 0.2) is 54.9 Å². The Morgan fingerprint density at radius 1 is 1.29 bits per heavy atom. The molecule has 24 heavy (non-hydrogen) atoms. The number of pyridine rings is 1. The van der Waals surface area contributed by atoms with Gasteiger partial charge in [0.15, 0.2) is 0 Å². The third-order valence-corrected chi connectivity index (χ3v) is 5.29. The van der Waals surface area contributed by atoms with Crippen LogP contribution in [0.4, 0.5) is 0 Å². The average molecular weight is 336 g/mol. The zero-order chi connectivity index (χ0) is 16.5. The van der Waals surface area contributed by atoms with Crippen molar-refractivity contribution in [3.63, 3.8) is 0 Å². The van der Waals surface area contributed by atoms with Crippen molar-refractivity contribution in [2.24, 2.45) is 0 Å². The lowest BCUT2D eigenvalue weighted by Gasteiger charge is -2.16. The Bertz CT molecular complexity index is 889. The minimum Gasteiger partial charge on any atom is -0.488 e. The highest BCUT2D eigenvalue weighted by molar-refractivity contribution is 7.17. The van der Waals surface area contributed by atoms with Gasteiger partial charge in [0.2, 0.25) is 0 Å². The molecule has 1 aromatic carbocycles. The lowest BCUT2D eigenvalue weighted by Crippen LogP contribution is -2.25. The zero-order valence-corrected chi connectivity index (χ0v) is 14.0. The van der Waals surface area contributed by atoms with E-state index >= 15 is 0 Å². The first kappa shape index (κ1) is 14.9. The number of para-hydroxylation sites is 1. The lowest BCUT2D eigenvalue weighted by molar-refractivity contribution is 0.0944. The van der Waals surface area contributed by atoms with Crippen molar-refractivity contribution in [3.8, 4) is 16.2 Å². The Morgan fingerprint density at radius 3 is 3.00 bits per heavy atom. The van der Waals surface area contributed by atoms with Gasteiger partial charge in [-0.3, -0.25) is 9.78 Å². The molecule has 0 fully saturated rings. The third-order valence-electron chi connectivity index (χ3n) is 4.08. The van der Waals surface area contributed by atoms with E-state index in [1.165, 1.54) is 11.3 Å². The van der Waals surface area contributed by atoms with Gasteiger partial charge in [0, 0.05) is 28.4 Å². The maximum atomic E-state index is 12.6. The van der Waals surface area contributed by atoms with Gasteiger partial charge in [0.1, 0.15) is 12.4 Å². The van der Waals surface area contributed by atoms with E-state index in [0.717, 1.165) is 27.3 Å². The van der Waals surface area contributed by atoms with Gasteiger partial charge in [-0.2, -0.15) is 0 Å². The van der Waals surface area contributed by atoms with Gasteiger partial charge < -0.3 is 10.1 Å². The van der Waals surface area contributed by atoms with Crippen molar-refractivity contribution in [1.82, 2.24) is 10.3 Å². The molecule has 2 aromatic heterocycles. The summed E-state index contributed by atoms with van der Waals surface area (Å²) in [5.41, 5.74) is 3.11. The number of benzene rings is 1. The number of hydrogen-bond donors (Lipinski definition) is 1. The van der Waals surface area contributed by atoms with Gasteiger partial charge in [-0.25, -0.2) is 0 Å². The minimum absolute atomic E-state index is 0.0664. The van der Waals surface area contributed by atoms with E-state index in [4.69, 9.17) is 4.74 Å². The van der Waals surface area contributed by atoms with E-state index in [9.17, 15) is 4.79 Å². The van der Waals surface area contributed by atoms with E-state index in [2.05, 4.69) is 10.3 Å². The molecule has 0 aliphatic carbocycles. The maximum Gasteiger partial charge on any atom is 0.261 e. The molecule has 1 N–H and O–H groups in total. The smallest absolute Gasteiger partial charge is 0.261 e. The molecular formula is C19H16N2O2S. The first-order chi connectivity index (χ1) is 11.7. The largest absolute Gasteiger partial charge is 0.488 e. The highest BCUT2D eigenvalue weighted by atomic mass is 32.1. The number of carbonyl (C=O) groups is 1. The third kappa shape index (κ3) is 2.67. The summed E-state index contributed by atoms with van der Waals surface area (Å²) in [6.07, 6.45) is 3.50. The Kier molecular flexibility index (Phi) is 3.78. The molecule has 1 aliphatic rings. The predicted octanol–water partition coefficient (Wildman–Crippen LogP) is 4.19. The number of ether oxygens (including phenoxy) is 1. The first-order valence-electron chi connectivity index (χ1n) is 7.78. The van der Waals surface area contributed by atoms with Crippen LogP contribution >= 0.6 is 11.3 Å². The Morgan fingerprint density at radius 2 is 2.17 bits per heavy atom. The van der Waals surface area contributed by atoms with Gasteiger partial charge in [0.05, 0.1) is 10.9 Å². The van der Waals surface area contributed by atoms with E-state index in [0.29, 0.717) is 11.5 Å². The van der Waals surface area contributed by atoms with Crippen LogP contribution in [0.2, 0.25) is 0 Å².